The van der Waals surface area contributed by atoms with E-state index in [1.54, 1.807) is 0 Å². The Morgan fingerprint density at radius 3 is 2.94 bits per heavy atom. The lowest BCUT2D eigenvalue weighted by Crippen LogP contribution is -2.05. The smallest absolute Gasteiger partial charge is 0.345 e. The van der Waals surface area contributed by atoms with E-state index >= 15 is 0 Å². The van der Waals surface area contributed by atoms with Gasteiger partial charge < -0.3 is 5.11 Å². The van der Waals surface area contributed by atoms with Gasteiger partial charge >= 0.3 is 5.97 Å². The van der Waals surface area contributed by atoms with E-state index in [1.807, 2.05) is 18.2 Å². The second kappa shape index (κ2) is 3.70. The summed E-state index contributed by atoms with van der Waals surface area (Å²) in [7, 11) is 0. The molecule has 1 unspecified atom stereocenters. The van der Waals surface area contributed by atoms with Crippen LogP contribution in [0.1, 0.15) is 33.6 Å². The molecule has 0 amide bonds. The maximum Gasteiger partial charge on any atom is 0.345 e. The first-order valence-electron chi connectivity index (χ1n) is 5.62. The molecule has 2 aromatic rings. The van der Waals surface area contributed by atoms with Gasteiger partial charge in [-0.3, -0.25) is 0 Å². The van der Waals surface area contributed by atoms with Gasteiger partial charge in [-0.2, -0.15) is 0 Å². The molecule has 2 nitrogen and oxygen atoms in total. The normalized spacial score (nSPS) is 17.4. The minimum Gasteiger partial charge on any atom is -0.477 e. The molecule has 1 aromatic carbocycles. The molecule has 0 aliphatic heterocycles. The lowest BCUT2D eigenvalue weighted by atomic mass is 9.84. The SMILES string of the molecule is CC1Cc2ccccc2-c2sc(C(=O)O)cc21. The minimum atomic E-state index is -0.825. The summed E-state index contributed by atoms with van der Waals surface area (Å²) < 4.78 is 0. The fourth-order valence-electron chi connectivity index (χ4n) is 2.45. The molecule has 3 rings (SSSR count). The predicted octanol–water partition coefficient (Wildman–Crippen LogP) is 3.77. The predicted molar refractivity (Wildman–Crippen MR) is 68.8 cm³/mol. The number of benzene rings is 1. The number of carboxylic acids is 1. The Bertz CT molecular complexity index is 598. The van der Waals surface area contributed by atoms with E-state index in [9.17, 15) is 4.79 Å². The van der Waals surface area contributed by atoms with Gasteiger partial charge in [0.25, 0.3) is 0 Å². The number of aromatic carboxylic acids is 1. The van der Waals surface area contributed by atoms with E-state index in [0.29, 0.717) is 10.8 Å². The van der Waals surface area contributed by atoms with Crippen LogP contribution in [0.3, 0.4) is 0 Å². The fourth-order valence-corrected chi connectivity index (χ4v) is 3.63. The lowest BCUT2D eigenvalue weighted by molar-refractivity contribution is 0.0702. The van der Waals surface area contributed by atoms with Gasteiger partial charge in [-0.05, 0) is 35.1 Å². The molecule has 1 aliphatic carbocycles. The summed E-state index contributed by atoms with van der Waals surface area (Å²) in [6.45, 7) is 2.16. The van der Waals surface area contributed by atoms with E-state index in [-0.39, 0.29) is 0 Å². The summed E-state index contributed by atoms with van der Waals surface area (Å²) in [5.74, 6) is -0.418. The van der Waals surface area contributed by atoms with E-state index in [2.05, 4.69) is 19.1 Å². The Balaban J connectivity index is 2.24. The third-order valence-electron chi connectivity index (χ3n) is 3.29. The summed E-state index contributed by atoms with van der Waals surface area (Å²) in [4.78, 5) is 12.6. The number of rotatable bonds is 1. The van der Waals surface area contributed by atoms with Crippen LogP contribution in [0.5, 0.6) is 0 Å². The van der Waals surface area contributed by atoms with Crippen molar-refractivity contribution in [1.82, 2.24) is 0 Å². The van der Waals surface area contributed by atoms with Gasteiger partial charge in [0.2, 0.25) is 0 Å². The molecule has 86 valence electrons. The topological polar surface area (TPSA) is 37.3 Å². The molecule has 1 aromatic heterocycles. The minimum absolute atomic E-state index is 0.407. The quantitative estimate of drug-likeness (QED) is 0.829. The highest BCUT2D eigenvalue weighted by atomic mass is 32.1. The Morgan fingerprint density at radius 2 is 2.18 bits per heavy atom. The average Bonchev–Trinajstić information content (AvgIpc) is 2.75. The van der Waals surface area contributed by atoms with Crippen LogP contribution in [0.2, 0.25) is 0 Å². The van der Waals surface area contributed by atoms with Crippen molar-refractivity contribution in [1.29, 1.82) is 0 Å². The Labute approximate surface area is 104 Å². The molecule has 0 bridgehead atoms. The van der Waals surface area contributed by atoms with Gasteiger partial charge in [0.1, 0.15) is 4.88 Å². The molecule has 0 saturated heterocycles. The molecular weight excluding hydrogens is 232 g/mol. The van der Waals surface area contributed by atoms with Gasteiger partial charge in [0.15, 0.2) is 0 Å². The van der Waals surface area contributed by atoms with Crippen molar-refractivity contribution in [2.75, 3.05) is 0 Å². The molecule has 0 spiro atoms. The number of hydrogen-bond donors (Lipinski definition) is 1. The molecule has 1 N–H and O–H groups in total. The summed E-state index contributed by atoms with van der Waals surface area (Å²) in [5.41, 5.74) is 3.72. The van der Waals surface area contributed by atoms with Crippen molar-refractivity contribution < 1.29 is 9.90 Å². The zero-order chi connectivity index (χ0) is 12.0. The van der Waals surface area contributed by atoms with E-state index in [1.165, 1.54) is 28.0 Å². The van der Waals surface area contributed by atoms with Crippen LogP contribution in [-0.4, -0.2) is 11.1 Å². The van der Waals surface area contributed by atoms with Crippen molar-refractivity contribution in [3.8, 4) is 10.4 Å². The molecular formula is C14H12O2S. The second-order valence-corrected chi connectivity index (χ2v) is 5.51. The monoisotopic (exact) mass is 244 g/mol. The first-order chi connectivity index (χ1) is 8.16. The number of fused-ring (bicyclic) bond motifs is 3. The molecule has 1 aliphatic rings. The van der Waals surface area contributed by atoms with Gasteiger partial charge in [-0.25, -0.2) is 4.79 Å². The molecule has 0 saturated carbocycles. The van der Waals surface area contributed by atoms with E-state index < -0.39 is 5.97 Å². The van der Waals surface area contributed by atoms with Gasteiger partial charge in [0, 0.05) is 4.88 Å². The van der Waals surface area contributed by atoms with Crippen LogP contribution in [0.15, 0.2) is 30.3 Å². The highest BCUT2D eigenvalue weighted by Gasteiger charge is 2.25. The second-order valence-electron chi connectivity index (χ2n) is 4.46. The Hall–Kier alpha value is -1.61. The van der Waals surface area contributed by atoms with Crippen LogP contribution in [0, 0.1) is 0 Å². The van der Waals surface area contributed by atoms with E-state index in [4.69, 9.17) is 5.11 Å². The Kier molecular flexibility index (Phi) is 2.30. The van der Waals surface area contributed by atoms with E-state index in [0.717, 1.165) is 11.3 Å². The van der Waals surface area contributed by atoms with Crippen LogP contribution in [-0.2, 0) is 6.42 Å². The zero-order valence-electron chi connectivity index (χ0n) is 9.43. The summed E-state index contributed by atoms with van der Waals surface area (Å²) >= 11 is 1.39. The van der Waals surface area contributed by atoms with Gasteiger partial charge in [-0.1, -0.05) is 31.2 Å². The highest BCUT2D eigenvalue weighted by Crippen LogP contribution is 2.44. The third kappa shape index (κ3) is 1.58. The maximum atomic E-state index is 11.0. The third-order valence-corrected chi connectivity index (χ3v) is 4.46. The van der Waals surface area contributed by atoms with Crippen molar-refractivity contribution >= 4 is 17.3 Å². The summed E-state index contributed by atoms with van der Waals surface area (Å²) in [5, 5.41) is 9.08. The van der Waals surface area contributed by atoms with Crippen molar-refractivity contribution in [2.24, 2.45) is 0 Å². The molecule has 1 heterocycles. The van der Waals surface area contributed by atoms with Crippen molar-refractivity contribution in [3.63, 3.8) is 0 Å². The van der Waals surface area contributed by atoms with Crippen LogP contribution in [0.4, 0.5) is 0 Å². The van der Waals surface area contributed by atoms with Crippen molar-refractivity contribution in [3.05, 3.63) is 46.3 Å². The molecule has 3 heteroatoms. The largest absolute Gasteiger partial charge is 0.477 e. The first-order valence-corrected chi connectivity index (χ1v) is 6.44. The lowest BCUT2D eigenvalue weighted by Gasteiger charge is -2.21. The zero-order valence-corrected chi connectivity index (χ0v) is 10.3. The van der Waals surface area contributed by atoms with Crippen LogP contribution >= 0.6 is 11.3 Å². The number of carbonyl (C=O) groups is 1. The molecule has 17 heavy (non-hydrogen) atoms. The highest BCUT2D eigenvalue weighted by molar-refractivity contribution is 7.17. The molecule has 1 atom stereocenters. The van der Waals surface area contributed by atoms with Crippen molar-refractivity contribution in [2.45, 2.75) is 19.3 Å². The van der Waals surface area contributed by atoms with Gasteiger partial charge in [-0.15, -0.1) is 11.3 Å². The van der Waals surface area contributed by atoms with Crippen LogP contribution in [0.25, 0.3) is 10.4 Å². The average molecular weight is 244 g/mol. The Morgan fingerprint density at radius 1 is 1.41 bits per heavy atom. The van der Waals surface area contributed by atoms with Gasteiger partial charge in [0.05, 0.1) is 0 Å². The molecule has 0 radical (unpaired) electrons. The number of thiophene rings is 1. The first kappa shape index (κ1) is 10.5. The standard InChI is InChI=1S/C14H12O2S/c1-8-6-9-4-2-3-5-10(9)13-11(8)7-12(17-13)14(15)16/h2-5,7-8H,6H2,1H3,(H,15,16). The fraction of sp³-hybridized carbons (Fsp3) is 0.214. The van der Waals surface area contributed by atoms with Crippen LogP contribution < -0.4 is 0 Å². The summed E-state index contributed by atoms with van der Waals surface area (Å²) in [6, 6.07) is 10.1. The summed E-state index contributed by atoms with van der Waals surface area (Å²) in [6.07, 6.45) is 0.999. The number of hydrogen-bond acceptors (Lipinski definition) is 2. The maximum absolute atomic E-state index is 11.0. The molecule has 0 fully saturated rings. The number of carboxylic acid groups (broad SMARTS) is 1.